The van der Waals surface area contributed by atoms with Crippen molar-refractivity contribution in [1.29, 1.82) is 0 Å². The van der Waals surface area contributed by atoms with Crippen molar-refractivity contribution in [3.8, 4) is 0 Å². The van der Waals surface area contributed by atoms with Gasteiger partial charge in [0.25, 0.3) is 0 Å². The standard InChI is InChI=1S/C17H29N3O3/c1-23-12-4-10-20-15-7-11-19(13-14(15)5-6-16(20)21)17(22)18-8-2-3-9-18/h14-15H,2-13H2,1H3. The van der Waals surface area contributed by atoms with Gasteiger partial charge in [-0.3, -0.25) is 4.79 Å². The van der Waals surface area contributed by atoms with Gasteiger partial charge in [0.05, 0.1) is 0 Å². The van der Waals surface area contributed by atoms with E-state index in [1.807, 2.05) is 9.80 Å². The molecule has 3 amide bonds. The molecule has 3 rings (SSSR count). The van der Waals surface area contributed by atoms with Crippen LogP contribution in [0.4, 0.5) is 4.79 Å². The summed E-state index contributed by atoms with van der Waals surface area (Å²) in [6, 6.07) is 0.527. The summed E-state index contributed by atoms with van der Waals surface area (Å²) in [4.78, 5) is 30.9. The number of methoxy groups -OCH3 is 1. The largest absolute Gasteiger partial charge is 0.385 e. The van der Waals surface area contributed by atoms with Crippen molar-refractivity contribution in [3.05, 3.63) is 0 Å². The van der Waals surface area contributed by atoms with Crippen molar-refractivity contribution >= 4 is 11.9 Å². The molecule has 0 aromatic heterocycles. The van der Waals surface area contributed by atoms with Crippen LogP contribution in [0.3, 0.4) is 0 Å². The second-order valence-corrected chi connectivity index (χ2v) is 7.01. The molecule has 0 N–H and O–H groups in total. The highest BCUT2D eigenvalue weighted by molar-refractivity contribution is 5.78. The smallest absolute Gasteiger partial charge is 0.320 e. The normalized spacial score (nSPS) is 28.2. The zero-order chi connectivity index (χ0) is 16.2. The SMILES string of the molecule is COCCCN1C(=O)CCC2CN(C(=O)N3CCCC3)CCC21. The first-order valence-electron chi connectivity index (χ1n) is 9.03. The highest BCUT2D eigenvalue weighted by atomic mass is 16.5. The molecular formula is C17H29N3O3. The summed E-state index contributed by atoms with van der Waals surface area (Å²) in [5.74, 6) is 0.720. The fourth-order valence-electron chi connectivity index (χ4n) is 4.30. The van der Waals surface area contributed by atoms with Crippen LogP contribution in [-0.4, -0.2) is 79.1 Å². The van der Waals surface area contributed by atoms with Crippen LogP contribution in [0, 0.1) is 5.92 Å². The first kappa shape index (κ1) is 16.6. The topological polar surface area (TPSA) is 53.1 Å². The summed E-state index contributed by atoms with van der Waals surface area (Å²) in [6.07, 6.45) is 5.62. The van der Waals surface area contributed by atoms with Gasteiger partial charge in [-0.15, -0.1) is 0 Å². The lowest BCUT2D eigenvalue weighted by molar-refractivity contribution is -0.140. The van der Waals surface area contributed by atoms with Gasteiger partial charge in [0.2, 0.25) is 5.91 Å². The molecule has 0 spiro atoms. The van der Waals surface area contributed by atoms with E-state index in [1.54, 1.807) is 7.11 Å². The van der Waals surface area contributed by atoms with Crippen LogP contribution in [0.5, 0.6) is 0 Å². The van der Waals surface area contributed by atoms with Gasteiger partial charge in [0.1, 0.15) is 0 Å². The number of urea groups is 1. The molecule has 6 nitrogen and oxygen atoms in total. The Morgan fingerprint density at radius 2 is 1.96 bits per heavy atom. The van der Waals surface area contributed by atoms with E-state index < -0.39 is 0 Å². The number of carbonyl (C=O) groups excluding carboxylic acids is 2. The van der Waals surface area contributed by atoms with E-state index >= 15 is 0 Å². The number of amides is 3. The lowest BCUT2D eigenvalue weighted by atomic mass is 9.83. The van der Waals surface area contributed by atoms with E-state index in [-0.39, 0.29) is 11.9 Å². The molecule has 0 aliphatic carbocycles. The molecule has 3 aliphatic heterocycles. The van der Waals surface area contributed by atoms with Gasteiger partial charge >= 0.3 is 6.03 Å². The molecule has 0 aromatic rings. The van der Waals surface area contributed by atoms with E-state index in [0.717, 1.165) is 64.8 Å². The Hall–Kier alpha value is -1.30. The molecular weight excluding hydrogens is 294 g/mol. The lowest BCUT2D eigenvalue weighted by Crippen LogP contribution is -2.58. The van der Waals surface area contributed by atoms with Crippen molar-refractivity contribution in [1.82, 2.24) is 14.7 Å². The zero-order valence-electron chi connectivity index (χ0n) is 14.2. The number of hydrogen-bond acceptors (Lipinski definition) is 3. The summed E-state index contributed by atoms with van der Waals surface area (Å²) in [7, 11) is 1.70. The van der Waals surface area contributed by atoms with E-state index in [9.17, 15) is 9.59 Å². The fourth-order valence-corrected chi connectivity index (χ4v) is 4.30. The predicted molar refractivity (Wildman–Crippen MR) is 87.1 cm³/mol. The van der Waals surface area contributed by atoms with Crippen molar-refractivity contribution in [3.63, 3.8) is 0 Å². The van der Waals surface area contributed by atoms with Crippen LogP contribution in [-0.2, 0) is 9.53 Å². The molecule has 2 unspecified atom stereocenters. The van der Waals surface area contributed by atoms with Gasteiger partial charge in [0.15, 0.2) is 0 Å². The van der Waals surface area contributed by atoms with Gasteiger partial charge < -0.3 is 19.4 Å². The van der Waals surface area contributed by atoms with Crippen LogP contribution in [0.25, 0.3) is 0 Å². The number of carbonyl (C=O) groups is 2. The third-order valence-corrected chi connectivity index (χ3v) is 5.54. The maximum Gasteiger partial charge on any atom is 0.320 e. The maximum absolute atomic E-state index is 12.6. The number of rotatable bonds is 4. The minimum Gasteiger partial charge on any atom is -0.385 e. The van der Waals surface area contributed by atoms with Crippen molar-refractivity contribution in [2.45, 2.75) is 44.6 Å². The second kappa shape index (κ2) is 7.51. The van der Waals surface area contributed by atoms with Gasteiger partial charge in [-0.1, -0.05) is 0 Å². The van der Waals surface area contributed by atoms with E-state index in [0.29, 0.717) is 25.0 Å². The summed E-state index contributed by atoms with van der Waals surface area (Å²) < 4.78 is 5.11. The summed E-state index contributed by atoms with van der Waals surface area (Å²) in [5, 5.41) is 0. The average Bonchev–Trinajstić information content (AvgIpc) is 3.10. The Kier molecular flexibility index (Phi) is 5.41. The van der Waals surface area contributed by atoms with E-state index in [2.05, 4.69) is 4.90 Å². The van der Waals surface area contributed by atoms with Crippen LogP contribution >= 0.6 is 0 Å². The minimum atomic E-state index is 0.212. The molecule has 0 aromatic carbocycles. The molecule has 6 heteroatoms. The molecule has 0 bridgehead atoms. The molecule has 3 aliphatic rings. The van der Waals surface area contributed by atoms with Crippen LogP contribution < -0.4 is 0 Å². The van der Waals surface area contributed by atoms with Gasteiger partial charge in [-0.05, 0) is 38.0 Å². The van der Waals surface area contributed by atoms with Crippen LogP contribution in [0.15, 0.2) is 0 Å². The lowest BCUT2D eigenvalue weighted by Gasteiger charge is -2.47. The zero-order valence-corrected chi connectivity index (χ0v) is 14.2. The highest BCUT2D eigenvalue weighted by Crippen LogP contribution is 2.32. The summed E-state index contributed by atoms with van der Waals surface area (Å²) >= 11 is 0. The quantitative estimate of drug-likeness (QED) is 0.738. The minimum absolute atomic E-state index is 0.212. The first-order valence-corrected chi connectivity index (χ1v) is 9.03. The molecule has 23 heavy (non-hydrogen) atoms. The Morgan fingerprint density at radius 1 is 1.17 bits per heavy atom. The highest BCUT2D eigenvalue weighted by Gasteiger charge is 2.40. The maximum atomic E-state index is 12.6. The monoisotopic (exact) mass is 323 g/mol. The van der Waals surface area contributed by atoms with Crippen molar-refractivity contribution in [2.75, 3.05) is 46.4 Å². The number of likely N-dealkylation sites (tertiary alicyclic amines) is 3. The Labute approximate surface area is 138 Å². The van der Waals surface area contributed by atoms with Gasteiger partial charge in [0, 0.05) is 58.9 Å². The molecule has 0 saturated carbocycles. The average molecular weight is 323 g/mol. The van der Waals surface area contributed by atoms with Crippen LogP contribution in [0.2, 0.25) is 0 Å². The van der Waals surface area contributed by atoms with Crippen molar-refractivity contribution in [2.24, 2.45) is 5.92 Å². The molecule has 3 saturated heterocycles. The third kappa shape index (κ3) is 3.62. The molecule has 0 radical (unpaired) electrons. The Morgan fingerprint density at radius 3 is 2.70 bits per heavy atom. The van der Waals surface area contributed by atoms with E-state index in [1.165, 1.54) is 0 Å². The molecule has 130 valence electrons. The first-order chi connectivity index (χ1) is 11.2. The number of piperidine rings is 2. The van der Waals surface area contributed by atoms with Crippen LogP contribution in [0.1, 0.15) is 38.5 Å². The molecule has 3 fully saturated rings. The third-order valence-electron chi connectivity index (χ3n) is 5.54. The van der Waals surface area contributed by atoms with Gasteiger partial charge in [-0.25, -0.2) is 4.79 Å². The Balaban J connectivity index is 1.58. The summed E-state index contributed by atoms with van der Waals surface area (Å²) in [5.41, 5.74) is 0. The number of ether oxygens (including phenoxy) is 1. The number of nitrogens with zero attached hydrogens (tertiary/aromatic N) is 3. The number of hydrogen-bond donors (Lipinski definition) is 0. The van der Waals surface area contributed by atoms with Crippen molar-refractivity contribution < 1.29 is 14.3 Å². The predicted octanol–water partition coefficient (Wildman–Crippen LogP) is 1.55. The van der Waals surface area contributed by atoms with Gasteiger partial charge in [-0.2, -0.15) is 0 Å². The fraction of sp³-hybridized carbons (Fsp3) is 0.882. The molecule has 3 heterocycles. The Bertz CT molecular complexity index is 437. The summed E-state index contributed by atoms with van der Waals surface area (Å²) in [6.45, 7) is 4.89. The van der Waals surface area contributed by atoms with E-state index in [4.69, 9.17) is 4.74 Å². The number of fused-ring (bicyclic) bond motifs is 1. The molecule has 2 atom stereocenters. The second-order valence-electron chi connectivity index (χ2n) is 7.01.